The average Bonchev–Trinajstić information content (AvgIpc) is 2.37. The van der Waals surface area contributed by atoms with Crippen LogP contribution in [0.25, 0.3) is 0 Å². The van der Waals surface area contributed by atoms with Crippen molar-refractivity contribution in [2.45, 2.75) is 20.3 Å². The summed E-state index contributed by atoms with van der Waals surface area (Å²) in [5, 5.41) is 13.3. The lowest BCUT2D eigenvalue weighted by atomic mass is 10.1. The summed E-state index contributed by atoms with van der Waals surface area (Å²) >= 11 is 0. The molecule has 0 unspecified atom stereocenters. The Morgan fingerprint density at radius 1 is 1.24 bits per heavy atom. The maximum Gasteiger partial charge on any atom is 0.311 e. The third kappa shape index (κ3) is 4.10. The summed E-state index contributed by atoms with van der Waals surface area (Å²) in [5.74, 6) is 0.463. The van der Waals surface area contributed by atoms with Gasteiger partial charge in [0.25, 0.3) is 11.5 Å². The number of aromatic nitrogens is 1. The number of hydrogen-bond donors (Lipinski definition) is 1. The van der Waals surface area contributed by atoms with Crippen molar-refractivity contribution >= 4 is 17.4 Å². The molecule has 0 atom stereocenters. The van der Waals surface area contributed by atoms with Crippen LogP contribution in [0.1, 0.15) is 16.8 Å². The summed E-state index contributed by atoms with van der Waals surface area (Å²) in [6.07, 6.45) is 0.165. The number of nitrogens with one attached hydrogen (secondary N) is 2. The van der Waals surface area contributed by atoms with Crippen molar-refractivity contribution in [1.29, 1.82) is 0 Å². The molecule has 0 fully saturated rings. The van der Waals surface area contributed by atoms with Crippen molar-refractivity contribution in [3.05, 3.63) is 63.3 Å². The highest BCUT2D eigenvalue weighted by Gasteiger charge is 2.13. The van der Waals surface area contributed by atoms with E-state index in [0.29, 0.717) is 5.82 Å². The third-order valence-electron chi connectivity index (χ3n) is 2.93. The van der Waals surface area contributed by atoms with Crippen LogP contribution >= 0.6 is 0 Å². The number of carbonyl (C=O) groups is 1. The molecule has 1 aromatic carbocycles. The highest BCUT2D eigenvalue weighted by molar-refractivity contribution is 5.90. The standard InChI is InChI=1S/C15H15N3O3/c1-10-7-11(2)16-14(8-10)17-15(19)9-12-3-5-13(6-4-12)18(20)21/h3-8H,9H2,1-2H3,(H,16,17,19)/p+1. The van der Waals surface area contributed by atoms with E-state index >= 15 is 0 Å². The van der Waals surface area contributed by atoms with Crippen LogP contribution in [0.3, 0.4) is 0 Å². The molecule has 6 heteroatoms. The lowest BCUT2D eigenvalue weighted by Gasteiger charge is -2.01. The normalized spacial score (nSPS) is 10.2. The number of benzene rings is 1. The number of amides is 1. The van der Waals surface area contributed by atoms with Gasteiger partial charge in [-0.1, -0.05) is 12.1 Å². The van der Waals surface area contributed by atoms with Crippen LogP contribution in [0.15, 0.2) is 36.4 Å². The number of pyridine rings is 1. The van der Waals surface area contributed by atoms with E-state index in [4.69, 9.17) is 0 Å². The molecular formula is C15H16N3O3+. The van der Waals surface area contributed by atoms with Crippen LogP contribution in [0, 0.1) is 24.0 Å². The Morgan fingerprint density at radius 3 is 2.48 bits per heavy atom. The van der Waals surface area contributed by atoms with E-state index in [2.05, 4.69) is 10.3 Å². The smallest absolute Gasteiger partial charge is 0.258 e. The molecule has 0 aliphatic rings. The van der Waals surface area contributed by atoms with E-state index in [1.54, 1.807) is 12.1 Å². The number of H-pyrrole nitrogens is 1. The van der Waals surface area contributed by atoms with Crippen molar-refractivity contribution in [3.63, 3.8) is 0 Å². The first kappa shape index (κ1) is 14.6. The molecule has 2 aromatic rings. The molecule has 1 amide bonds. The minimum atomic E-state index is -0.464. The summed E-state index contributed by atoms with van der Waals surface area (Å²) in [5.41, 5.74) is 2.75. The molecule has 2 N–H and O–H groups in total. The molecule has 108 valence electrons. The number of nitro groups is 1. The molecule has 0 spiro atoms. The van der Waals surface area contributed by atoms with Crippen molar-refractivity contribution < 1.29 is 14.7 Å². The zero-order valence-electron chi connectivity index (χ0n) is 11.8. The zero-order chi connectivity index (χ0) is 15.4. The number of nitro benzene ring substituents is 1. The number of non-ortho nitro benzene ring substituents is 1. The van der Waals surface area contributed by atoms with Gasteiger partial charge in [0.15, 0.2) is 0 Å². The van der Waals surface area contributed by atoms with Gasteiger partial charge in [0.1, 0.15) is 0 Å². The summed E-state index contributed by atoms with van der Waals surface area (Å²) in [6.45, 7) is 3.87. The molecule has 0 aliphatic heterocycles. The maximum atomic E-state index is 12.0. The monoisotopic (exact) mass is 286 g/mol. The van der Waals surface area contributed by atoms with Crippen molar-refractivity contribution in [2.24, 2.45) is 0 Å². The third-order valence-corrected chi connectivity index (χ3v) is 2.93. The SMILES string of the molecule is Cc1cc(C)[nH+]c(NC(=O)Cc2ccc([N+](=O)[O-])cc2)c1. The quantitative estimate of drug-likeness (QED) is 0.690. The predicted molar refractivity (Wildman–Crippen MR) is 77.9 cm³/mol. The van der Waals surface area contributed by atoms with Crippen LogP contribution in [0.4, 0.5) is 11.5 Å². The van der Waals surface area contributed by atoms with Crippen molar-refractivity contribution in [3.8, 4) is 0 Å². The first-order chi connectivity index (χ1) is 9.94. The second-order valence-electron chi connectivity index (χ2n) is 4.90. The van der Waals surface area contributed by atoms with Crippen LogP contribution in [0.5, 0.6) is 0 Å². The summed E-state index contributed by atoms with van der Waals surface area (Å²) < 4.78 is 0. The summed E-state index contributed by atoms with van der Waals surface area (Å²) in [6, 6.07) is 9.79. The largest absolute Gasteiger partial charge is 0.311 e. The van der Waals surface area contributed by atoms with Crippen LogP contribution in [0.2, 0.25) is 0 Å². The first-order valence-electron chi connectivity index (χ1n) is 6.48. The van der Waals surface area contributed by atoms with E-state index in [-0.39, 0.29) is 18.0 Å². The van der Waals surface area contributed by atoms with Gasteiger partial charge in [-0.25, -0.2) is 15.1 Å². The molecule has 0 radical (unpaired) electrons. The minimum absolute atomic E-state index is 0.0156. The summed E-state index contributed by atoms with van der Waals surface area (Å²) in [7, 11) is 0. The van der Waals surface area contributed by atoms with E-state index in [1.165, 1.54) is 12.1 Å². The fourth-order valence-corrected chi connectivity index (χ4v) is 2.08. The van der Waals surface area contributed by atoms with Crippen molar-refractivity contribution in [2.75, 3.05) is 5.32 Å². The highest BCUT2D eigenvalue weighted by Crippen LogP contribution is 2.13. The Bertz CT molecular complexity index is 661. The lowest BCUT2D eigenvalue weighted by Crippen LogP contribution is -2.22. The van der Waals surface area contributed by atoms with Crippen molar-refractivity contribution in [1.82, 2.24) is 0 Å². The van der Waals surface area contributed by atoms with Crippen LogP contribution in [-0.2, 0) is 11.2 Å². The van der Waals surface area contributed by atoms with Crippen LogP contribution < -0.4 is 10.3 Å². The number of hydrogen-bond acceptors (Lipinski definition) is 3. The van der Waals surface area contributed by atoms with Gasteiger partial charge in [-0.2, -0.15) is 0 Å². The Balaban J connectivity index is 2.02. The number of nitrogens with zero attached hydrogens (tertiary/aromatic N) is 1. The average molecular weight is 286 g/mol. The predicted octanol–water partition coefficient (Wildman–Crippen LogP) is 2.21. The molecule has 2 rings (SSSR count). The van der Waals surface area contributed by atoms with Gasteiger partial charge >= 0.3 is 5.91 Å². The molecule has 21 heavy (non-hydrogen) atoms. The maximum absolute atomic E-state index is 12.0. The van der Waals surface area contributed by atoms with E-state index in [9.17, 15) is 14.9 Å². The van der Waals surface area contributed by atoms with Gasteiger partial charge in [-0.15, -0.1) is 0 Å². The van der Waals surface area contributed by atoms with Gasteiger partial charge in [-0.05, 0) is 31.0 Å². The molecule has 6 nitrogen and oxygen atoms in total. The molecule has 0 bridgehead atoms. The Labute approximate surface area is 122 Å². The van der Waals surface area contributed by atoms with E-state index < -0.39 is 4.92 Å². The fourth-order valence-electron chi connectivity index (χ4n) is 2.08. The molecule has 1 aromatic heterocycles. The minimum Gasteiger partial charge on any atom is -0.258 e. The van der Waals surface area contributed by atoms with Gasteiger partial charge < -0.3 is 0 Å². The number of anilines is 1. The molecule has 1 heterocycles. The van der Waals surface area contributed by atoms with Gasteiger partial charge in [0.2, 0.25) is 0 Å². The number of aromatic amines is 1. The molecule has 0 saturated heterocycles. The highest BCUT2D eigenvalue weighted by atomic mass is 16.6. The Hall–Kier alpha value is -2.76. The topological polar surface area (TPSA) is 86.4 Å². The molecule has 0 saturated carbocycles. The molecule has 0 aliphatic carbocycles. The van der Waals surface area contributed by atoms with Gasteiger partial charge in [0, 0.05) is 18.2 Å². The Morgan fingerprint density at radius 2 is 1.90 bits per heavy atom. The fraction of sp³-hybridized carbons (Fsp3) is 0.200. The van der Waals surface area contributed by atoms with E-state index in [0.717, 1.165) is 16.8 Å². The second kappa shape index (κ2) is 6.13. The number of aryl methyl sites for hydroxylation is 2. The van der Waals surface area contributed by atoms with E-state index in [1.807, 2.05) is 26.0 Å². The first-order valence-corrected chi connectivity index (χ1v) is 6.48. The molecular weight excluding hydrogens is 270 g/mol. The summed E-state index contributed by atoms with van der Waals surface area (Å²) in [4.78, 5) is 25.1. The van der Waals surface area contributed by atoms with Crippen LogP contribution in [-0.4, -0.2) is 10.8 Å². The zero-order valence-corrected chi connectivity index (χ0v) is 11.8. The van der Waals surface area contributed by atoms with Gasteiger partial charge in [-0.3, -0.25) is 10.1 Å². The second-order valence-corrected chi connectivity index (χ2v) is 4.90. The van der Waals surface area contributed by atoms with Gasteiger partial charge in [0.05, 0.1) is 17.0 Å². The number of rotatable bonds is 4. The number of carbonyl (C=O) groups excluding carboxylic acids is 1. The Kier molecular flexibility index (Phi) is 4.27. The lowest BCUT2D eigenvalue weighted by molar-refractivity contribution is -0.384.